The number of carbonyl (C=O) groups excluding carboxylic acids is 1. The number of oxazole rings is 1. The van der Waals surface area contributed by atoms with Gasteiger partial charge in [0.05, 0.1) is 12.7 Å². The van der Waals surface area contributed by atoms with E-state index in [2.05, 4.69) is 4.98 Å². The Balaban J connectivity index is 2.68. The lowest BCUT2D eigenvalue weighted by atomic mass is 10.1. The van der Waals surface area contributed by atoms with Crippen molar-refractivity contribution >= 4 is 11.8 Å². The largest absolute Gasteiger partial charge is 0.496 e. The molecule has 0 bridgehead atoms. The fraction of sp³-hybridized carbons (Fsp3) is 0.167. The number of carbonyl (C=O) groups is 1. The maximum absolute atomic E-state index is 13.3. The summed E-state index contributed by atoms with van der Waals surface area (Å²) in [5.74, 6) is -0.321. The summed E-state index contributed by atoms with van der Waals surface area (Å²) in [6.07, 6.45) is 0. The third-order valence-corrected chi connectivity index (χ3v) is 2.38. The van der Waals surface area contributed by atoms with Crippen molar-refractivity contribution in [3.8, 4) is 17.1 Å². The molecule has 2 rings (SSSR count). The first-order valence-corrected chi connectivity index (χ1v) is 5.14. The number of hydrogen-bond acceptors (Lipinski definition) is 5. The molecular weight excluding hydrogens is 239 g/mol. The zero-order valence-corrected chi connectivity index (χ0v) is 9.86. The standard InChI is InChI=1S/C12H11FN2O3/c1-6(16)10-11(18-12(14)15-10)8-5-7(13)3-4-9(8)17-2/h3-5H,1-2H3,(H2,14,15). The number of methoxy groups -OCH3 is 1. The SMILES string of the molecule is COc1ccc(F)cc1-c1oc(N)nc1C(C)=O. The molecule has 18 heavy (non-hydrogen) atoms. The maximum atomic E-state index is 13.3. The van der Waals surface area contributed by atoms with Gasteiger partial charge in [0, 0.05) is 6.92 Å². The molecule has 2 N–H and O–H groups in total. The van der Waals surface area contributed by atoms with Gasteiger partial charge >= 0.3 is 0 Å². The van der Waals surface area contributed by atoms with Crippen molar-refractivity contribution < 1.29 is 18.3 Å². The predicted octanol–water partition coefficient (Wildman–Crippen LogP) is 2.27. The van der Waals surface area contributed by atoms with Gasteiger partial charge in [0.2, 0.25) is 0 Å². The van der Waals surface area contributed by atoms with Crippen LogP contribution < -0.4 is 10.5 Å². The monoisotopic (exact) mass is 250 g/mol. The van der Waals surface area contributed by atoms with E-state index in [-0.39, 0.29) is 23.3 Å². The van der Waals surface area contributed by atoms with Crippen LogP contribution in [0, 0.1) is 5.82 Å². The van der Waals surface area contributed by atoms with E-state index in [4.69, 9.17) is 14.9 Å². The van der Waals surface area contributed by atoms with Crippen LogP contribution in [-0.4, -0.2) is 17.9 Å². The number of nitrogens with zero attached hydrogens (tertiary/aromatic N) is 1. The van der Waals surface area contributed by atoms with E-state index in [0.29, 0.717) is 11.3 Å². The molecule has 6 heteroatoms. The fourth-order valence-electron chi connectivity index (χ4n) is 1.62. The number of nitrogen functional groups attached to an aromatic ring is 1. The van der Waals surface area contributed by atoms with E-state index < -0.39 is 5.82 Å². The number of anilines is 1. The number of halogens is 1. The molecule has 0 saturated heterocycles. The second-order valence-electron chi connectivity index (χ2n) is 3.63. The number of ketones is 1. The molecule has 0 fully saturated rings. The third kappa shape index (κ3) is 2.04. The van der Waals surface area contributed by atoms with Crippen LogP contribution >= 0.6 is 0 Å². The average Bonchev–Trinajstić information content (AvgIpc) is 2.71. The highest BCUT2D eigenvalue weighted by Gasteiger charge is 2.21. The van der Waals surface area contributed by atoms with E-state index in [1.54, 1.807) is 0 Å². The smallest absolute Gasteiger partial charge is 0.293 e. The summed E-state index contributed by atoms with van der Waals surface area (Å²) in [4.78, 5) is 15.2. The molecule has 1 aromatic heterocycles. The summed E-state index contributed by atoms with van der Waals surface area (Å²) < 4.78 is 23.5. The molecule has 0 atom stereocenters. The molecule has 0 aliphatic heterocycles. The third-order valence-electron chi connectivity index (χ3n) is 2.38. The molecule has 94 valence electrons. The van der Waals surface area contributed by atoms with Crippen LogP contribution in [0.4, 0.5) is 10.4 Å². The number of hydrogen-bond donors (Lipinski definition) is 1. The van der Waals surface area contributed by atoms with Crippen molar-refractivity contribution in [2.75, 3.05) is 12.8 Å². The van der Waals surface area contributed by atoms with E-state index in [1.807, 2.05) is 0 Å². The van der Waals surface area contributed by atoms with Crippen LogP contribution in [0.3, 0.4) is 0 Å². The lowest BCUT2D eigenvalue weighted by Crippen LogP contribution is -1.97. The predicted molar refractivity (Wildman–Crippen MR) is 62.9 cm³/mol. The van der Waals surface area contributed by atoms with Gasteiger partial charge in [0.15, 0.2) is 17.2 Å². The molecule has 0 radical (unpaired) electrons. The van der Waals surface area contributed by atoms with Gasteiger partial charge in [-0.15, -0.1) is 0 Å². The minimum Gasteiger partial charge on any atom is -0.496 e. The molecule has 1 aromatic carbocycles. The first kappa shape index (κ1) is 12.1. The van der Waals surface area contributed by atoms with E-state index in [9.17, 15) is 9.18 Å². The van der Waals surface area contributed by atoms with E-state index in [0.717, 1.165) is 0 Å². The quantitative estimate of drug-likeness (QED) is 0.845. The second kappa shape index (κ2) is 4.48. The zero-order chi connectivity index (χ0) is 13.3. The normalized spacial score (nSPS) is 10.4. The van der Waals surface area contributed by atoms with Crippen LogP contribution in [0.5, 0.6) is 5.75 Å². The summed E-state index contributed by atoms with van der Waals surface area (Å²) >= 11 is 0. The average molecular weight is 250 g/mol. The summed E-state index contributed by atoms with van der Waals surface area (Å²) in [7, 11) is 1.43. The molecule has 0 amide bonds. The minimum atomic E-state index is -0.477. The Labute approximate surface area is 102 Å². The lowest BCUT2D eigenvalue weighted by molar-refractivity contribution is 0.101. The second-order valence-corrected chi connectivity index (χ2v) is 3.63. The Morgan fingerprint density at radius 2 is 2.22 bits per heavy atom. The Hall–Kier alpha value is -2.37. The van der Waals surface area contributed by atoms with Crippen LogP contribution in [0.15, 0.2) is 22.6 Å². The highest BCUT2D eigenvalue weighted by molar-refractivity contribution is 5.98. The number of benzene rings is 1. The van der Waals surface area contributed by atoms with Gasteiger partial charge in [-0.1, -0.05) is 0 Å². The molecule has 1 heterocycles. The van der Waals surface area contributed by atoms with E-state index >= 15 is 0 Å². The number of aromatic nitrogens is 1. The maximum Gasteiger partial charge on any atom is 0.293 e. The molecule has 0 unspecified atom stereocenters. The van der Waals surface area contributed by atoms with Crippen LogP contribution in [0.2, 0.25) is 0 Å². The van der Waals surface area contributed by atoms with Gasteiger partial charge in [-0.3, -0.25) is 4.79 Å². The first-order chi connectivity index (χ1) is 8.52. The fourth-order valence-corrected chi connectivity index (χ4v) is 1.62. The van der Waals surface area contributed by atoms with Gasteiger partial charge in [-0.05, 0) is 18.2 Å². The van der Waals surface area contributed by atoms with Gasteiger partial charge < -0.3 is 14.9 Å². The highest BCUT2D eigenvalue weighted by Crippen LogP contribution is 2.34. The Morgan fingerprint density at radius 1 is 1.50 bits per heavy atom. The van der Waals surface area contributed by atoms with Gasteiger partial charge in [0.25, 0.3) is 6.01 Å². The molecule has 2 aromatic rings. The molecule has 0 aliphatic carbocycles. The van der Waals surface area contributed by atoms with Gasteiger partial charge in [-0.25, -0.2) is 4.39 Å². The van der Waals surface area contributed by atoms with Crippen molar-refractivity contribution in [3.05, 3.63) is 29.7 Å². The summed E-state index contributed by atoms with van der Waals surface area (Å²) in [6.45, 7) is 1.33. The summed E-state index contributed by atoms with van der Waals surface area (Å²) in [6, 6.07) is 3.73. The van der Waals surface area contributed by atoms with Crippen LogP contribution in [-0.2, 0) is 0 Å². The number of rotatable bonds is 3. The molecule has 5 nitrogen and oxygen atoms in total. The van der Waals surface area contributed by atoms with Crippen molar-refractivity contribution in [1.29, 1.82) is 0 Å². The number of ether oxygens (including phenoxy) is 1. The van der Waals surface area contributed by atoms with Crippen molar-refractivity contribution in [2.45, 2.75) is 6.92 Å². The molecular formula is C12H11FN2O3. The van der Waals surface area contributed by atoms with Crippen molar-refractivity contribution in [2.24, 2.45) is 0 Å². The minimum absolute atomic E-state index is 0.0522. The molecule has 0 aliphatic rings. The summed E-state index contributed by atoms with van der Waals surface area (Å²) in [5, 5.41) is 0. The highest BCUT2D eigenvalue weighted by atomic mass is 19.1. The Bertz CT molecular complexity index is 607. The first-order valence-electron chi connectivity index (χ1n) is 5.14. The van der Waals surface area contributed by atoms with Crippen LogP contribution in [0.1, 0.15) is 17.4 Å². The zero-order valence-electron chi connectivity index (χ0n) is 9.86. The number of nitrogens with two attached hydrogens (primary N) is 1. The van der Waals surface area contributed by atoms with Crippen molar-refractivity contribution in [3.63, 3.8) is 0 Å². The Morgan fingerprint density at radius 3 is 2.83 bits per heavy atom. The topological polar surface area (TPSA) is 78.3 Å². The Kier molecular flexibility index (Phi) is 3.01. The van der Waals surface area contributed by atoms with Gasteiger partial charge in [0.1, 0.15) is 11.6 Å². The molecule has 0 saturated carbocycles. The van der Waals surface area contributed by atoms with Crippen molar-refractivity contribution in [1.82, 2.24) is 4.98 Å². The summed E-state index contributed by atoms with van der Waals surface area (Å²) in [5.41, 5.74) is 5.77. The van der Waals surface area contributed by atoms with E-state index in [1.165, 1.54) is 32.2 Å². The van der Waals surface area contributed by atoms with Crippen LogP contribution in [0.25, 0.3) is 11.3 Å². The molecule has 0 spiro atoms. The number of Topliss-reactive ketones (excluding diaryl/α,β-unsaturated/α-hetero) is 1. The lowest BCUT2D eigenvalue weighted by Gasteiger charge is -2.06. The van der Waals surface area contributed by atoms with Gasteiger partial charge in [-0.2, -0.15) is 4.98 Å².